The molecule has 4 nitrogen and oxygen atoms in total. The molecule has 1 amide bonds. The van der Waals surface area contributed by atoms with E-state index in [1.54, 1.807) is 18.2 Å². The van der Waals surface area contributed by atoms with Gasteiger partial charge in [0.1, 0.15) is 5.82 Å². The normalized spacial score (nSPS) is 22.2. The molecule has 2 N–H and O–H groups in total. The summed E-state index contributed by atoms with van der Waals surface area (Å²) in [5, 5.41) is 11.6. The number of hydrogen-bond donors (Lipinski definition) is 2. The summed E-state index contributed by atoms with van der Waals surface area (Å²) in [4.78, 5) is 22.6. The standard InChI is InChI=1S/C14H16FNO3/c15-12-4-2-1-3-9(12)8-13(17)16-11-6-5-10(7-11)14(18)19/h1-4,10-11H,5-8H2,(H,16,17)(H,18,19)/t10-,11-/m0/s1. The molecule has 0 heterocycles. The fourth-order valence-corrected chi connectivity index (χ4v) is 2.43. The van der Waals surface area contributed by atoms with Crippen molar-refractivity contribution in [2.24, 2.45) is 5.92 Å². The quantitative estimate of drug-likeness (QED) is 0.871. The highest BCUT2D eigenvalue weighted by molar-refractivity contribution is 5.79. The van der Waals surface area contributed by atoms with Crippen LogP contribution in [0.5, 0.6) is 0 Å². The summed E-state index contributed by atoms with van der Waals surface area (Å²) in [6, 6.07) is 6.04. The van der Waals surface area contributed by atoms with Gasteiger partial charge in [-0.25, -0.2) is 4.39 Å². The third kappa shape index (κ3) is 3.53. The second kappa shape index (κ2) is 5.82. The van der Waals surface area contributed by atoms with Gasteiger partial charge >= 0.3 is 5.97 Å². The Morgan fingerprint density at radius 1 is 1.32 bits per heavy atom. The van der Waals surface area contributed by atoms with Crippen molar-refractivity contribution in [2.45, 2.75) is 31.7 Å². The van der Waals surface area contributed by atoms with Gasteiger partial charge in [-0.05, 0) is 30.9 Å². The molecule has 1 aromatic carbocycles. The molecule has 1 fully saturated rings. The summed E-state index contributed by atoms with van der Waals surface area (Å²) < 4.78 is 13.4. The van der Waals surface area contributed by atoms with Crippen molar-refractivity contribution >= 4 is 11.9 Å². The van der Waals surface area contributed by atoms with Gasteiger partial charge in [0.25, 0.3) is 0 Å². The number of carboxylic acid groups (broad SMARTS) is 1. The highest BCUT2D eigenvalue weighted by atomic mass is 19.1. The fraction of sp³-hybridized carbons (Fsp3) is 0.429. The maximum Gasteiger partial charge on any atom is 0.306 e. The van der Waals surface area contributed by atoms with Crippen LogP contribution in [0.1, 0.15) is 24.8 Å². The van der Waals surface area contributed by atoms with Crippen LogP contribution in [0.4, 0.5) is 4.39 Å². The lowest BCUT2D eigenvalue weighted by molar-refractivity contribution is -0.141. The maximum absolute atomic E-state index is 13.4. The molecule has 0 spiro atoms. The molecule has 2 rings (SSSR count). The van der Waals surface area contributed by atoms with Gasteiger partial charge in [0.2, 0.25) is 5.91 Å². The first-order valence-electron chi connectivity index (χ1n) is 6.32. The number of carboxylic acids is 1. The highest BCUT2D eigenvalue weighted by Gasteiger charge is 2.30. The van der Waals surface area contributed by atoms with E-state index >= 15 is 0 Å². The van der Waals surface area contributed by atoms with Crippen molar-refractivity contribution in [3.05, 3.63) is 35.6 Å². The van der Waals surface area contributed by atoms with Crippen LogP contribution in [-0.4, -0.2) is 23.0 Å². The molecule has 1 saturated carbocycles. The average Bonchev–Trinajstić information content (AvgIpc) is 2.80. The second-order valence-electron chi connectivity index (χ2n) is 4.88. The molecule has 0 bridgehead atoms. The van der Waals surface area contributed by atoms with Crippen LogP contribution < -0.4 is 5.32 Å². The van der Waals surface area contributed by atoms with Crippen LogP contribution in [0.2, 0.25) is 0 Å². The minimum Gasteiger partial charge on any atom is -0.481 e. The number of benzene rings is 1. The lowest BCUT2D eigenvalue weighted by Crippen LogP contribution is -2.34. The minimum atomic E-state index is -0.814. The largest absolute Gasteiger partial charge is 0.481 e. The van der Waals surface area contributed by atoms with Gasteiger partial charge in [0.15, 0.2) is 0 Å². The van der Waals surface area contributed by atoms with E-state index in [0.717, 1.165) is 0 Å². The minimum absolute atomic E-state index is 0.0130. The topological polar surface area (TPSA) is 66.4 Å². The Hall–Kier alpha value is -1.91. The van der Waals surface area contributed by atoms with Crippen LogP contribution in [0.25, 0.3) is 0 Å². The summed E-state index contributed by atoms with van der Waals surface area (Å²) in [6.45, 7) is 0. The van der Waals surface area contributed by atoms with Crippen molar-refractivity contribution in [2.75, 3.05) is 0 Å². The third-order valence-corrected chi connectivity index (χ3v) is 3.46. The molecule has 2 atom stereocenters. The Labute approximate surface area is 110 Å². The van der Waals surface area contributed by atoms with Gasteiger partial charge in [-0.3, -0.25) is 9.59 Å². The van der Waals surface area contributed by atoms with E-state index in [0.29, 0.717) is 24.8 Å². The van der Waals surface area contributed by atoms with E-state index in [1.165, 1.54) is 6.07 Å². The smallest absolute Gasteiger partial charge is 0.306 e. The molecular weight excluding hydrogens is 249 g/mol. The number of carbonyl (C=O) groups is 2. The lowest BCUT2D eigenvalue weighted by atomic mass is 10.1. The van der Waals surface area contributed by atoms with E-state index in [2.05, 4.69) is 5.32 Å². The Morgan fingerprint density at radius 3 is 2.68 bits per heavy atom. The van der Waals surface area contributed by atoms with Crippen LogP contribution in [0.3, 0.4) is 0 Å². The first-order valence-corrected chi connectivity index (χ1v) is 6.32. The molecule has 0 radical (unpaired) electrons. The lowest BCUT2D eigenvalue weighted by Gasteiger charge is -2.12. The third-order valence-electron chi connectivity index (χ3n) is 3.46. The molecule has 0 aliphatic heterocycles. The van der Waals surface area contributed by atoms with Crippen molar-refractivity contribution < 1.29 is 19.1 Å². The monoisotopic (exact) mass is 265 g/mol. The number of nitrogens with one attached hydrogen (secondary N) is 1. The van der Waals surface area contributed by atoms with Crippen molar-refractivity contribution in [1.29, 1.82) is 0 Å². The summed E-state index contributed by atoms with van der Waals surface area (Å²) in [7, 11) is 0. The van der Waals surface area contributed by atoms with Gasteiger partial charge in [-0.1, -0.05) is 18.2 Å². The molecule has 0 aromatic heterocycles. The van der Waals surface area contributed by atoms with Gasteiger partial charge in [-0.15, -0.1) is 0 Å². The molecule has 102 valence electrons. The van der Waals surface area contributed by atoms with Gasteiger partial charge in [0.05, 0.1) is 12.3 Å². The number of amides is 1. The van der Waals surface area contributed by atoms with E-state index in [1.807, 2.05) is 0 Å². The summed E-state index contributed by atoms with van der Waals surface area (Å²) >= 11 is 0. The van der Waals surface area contributed by atoms with Crippen LogP contribution >= 0.6 is 0 Å². The van der Waals surface area contributed by atoms with Crippen molar-refractivity contribution in [1.82, 2.24) is 5.32 Å². The van der Waals surface area contributed by atoms with Gasteiger partial charge < -0.3 is 10.4 Å². The first kappa shape index (κ1) is 13.5. The SMILES string of the molecule is O=C(Cc1ccccc1F)N[C@H]1CC[C@H](C(=O)O)C1. The second-order valence-corrected chi connectivity index (χ2v) is 4.88. The number of carbonyl (C=O) groups excluding carboxylic acids is 1. The Kier molecular flexibility index (Phi) is 4.14. The van der Waals surface area contributed by atoms with E-state index in [-0.39, 0.29) is 24.3 Å². The van der Waals surface area contributed by atoms with Gasteiger partial charge in [0, 0.05) is 6.04 Å². The average molecular weight is 265 g/mol. The first-order chi connectivity index (χ1) is 9.06. The Morgan fingerprint density at radius 2 is 2.05 bits per heavy atom. The molecule has 1 aromatic rings. The predicted octanol–water partition coefficient (Wildman–Crippen LogP) is 1.74. The summed E-state index contributed by atoms with van der Waals surface area (Å²) in [6.07, 6.45) is 1.69. The zero-order chi connectivity index (χ0) is 13.8. The molecule has 1 aliphatic rings. The number of halogens is 1. The molecule has 1 aliphatic carbocycles. The summed E-state index contributed by atoms with van der Waals surface area (Å²) in [5.41, 5.74) is 0.354. The number of hydrogen-bond acceptors (Lipinski definition) is 2. The Bertz CT molecular complexity index is 489. The zero-order valence-corrected chi connectivity index (χ0v) is 10.4. The fourth-order valence-electron chi connectivity index (χ4n) is 2.43. The maximum atomic E-state index is 13.4. The highest BCUT2D eigenvalue weighted by Crippen LogP contribution is 2.25. The molecule has 0 saturated heterocycles. The predicted molar refractivity (Wildman–Crippen MR) is 67.0 cm³/mol. The molecule has 5 heteroatoms. The van der Waals surface area contributed by atoms with Gasteiger partial charge in [-0.2, -0.15) is 0 Å². The van der Waals surface area contributed by atoms with E-state index in [4.69, 9.17) is 5.11 Å². The molecule has 0 unspecified atom stereocenters. The Balaban J connectivity index is 1.86. The van der Waals surface area contributed by atoms with E-state index in [9.17, 15) is 14.0 Å². The molecule has 19 heavy (non-hydrogen) atoms. The molecular formula is C14H16FNO3. The zero-order valence-electron chi connectivity index (χ0n) is 10.4. The van der Waals surface area contributed by atoms with E-state index < -0.39 is 11.8 Å². The number of aliphatic carboxylic acids is 1. The van der Waals surface area contributed by atoms with Crippen LogP contribution in [-0.2, 0) is 16.0 Å². The summed E-state index contributed by atoms with van der Waals surface area (Å²) in [5.74, 6) is -1.85. The van der Waals surface area contributed by atoms with Crippen molar-refractivity contribution in [3.63, 3.8) is 0 Å². The van der Waals surface area contributed by atoms with Crippen LogP contribution in [0, 0.1) is 11.7 Å². The van der Waals surface area contributed by atoms with Crippen molar-refractivity contribution in [3.8, 4) is 0 Å². The van der Waals surface area contributed by atoms with Crippen LogP contribution in [0.15, 0.2) is 24.3 Å². The number of rotatable bonds is 4.